The molecule has 16 heteroatoms. The maximum Gasteiger partial charge on any atom is 0.326 e. The van der Waals surface area contributed by atoms with Crippen LogP contribution in [0.1, 0.15) is 52.5 Å². The number of hydrogen-bond donors (Lipinski definition) is 10. The number of guanidine groups is 1. The van der Waals surface area contributed by atoms with E-state index in [0.29, 0.717) is 5.56 Å². The molecule has 0 aliphatic heterocycles. The molecule has 1 aromatic rings. The molecule has 1 aromatic carbocycles. The van der Waals surface area contributed by atoms with E-state index in [1.54, 1.807) is 26.0 Å². The van der Waals surface area contributed by atoms with Crippen LogP contribution in [0.15, 0.2) is 29.3 Å². The van der Waals surface area contributed by atoms with Gasteiger partial charge in [-0.05, 0) is 55.2 Å². The number of phenolic OH excluding ortho intramolecular Hbond substituents is 1. The number of aliphatic imine (C=N–C) groups is 1. The first kappa shape index (κ1) is 38.6. The summed E-state index contributed by atoms with van der Waals surface area (Å²) >= 11 is 0. The normalized spacial score (nSPS) is 14.4. The van der Waals surface area contributed by atoms with Crippen LogP contribution in [0.2, 0.25) is 0 Å². The SMILES string of the molecule is CC(C)C[C@H](NC(=O)[C@@H](NC(=O)[C@@H](N)Cc1ccc(O)cc1)C(C)C)C(=O)N[C@@H](CO)C(=O)N[C@@H](CCCN=C(N)N)C(=O)O. The number of benzene rings is 1. The van der Waals surface area contributed by atoms with E-state index in [1.807, 2.05) is 13.8 Å². The molecule has 252 valence electrons. The smallest absolute Gasteiger partial charge is 0.326 e. The van der Waals surface area contributed by atoms with Crippen LogP contribution in [0.3, 0.4) is 0 Å². The molecule has 4 amide bonds. The average Bonchev–Trinajstić information content (AvgIpc) is 2.95. The molecule has 0 unspecified atom stereocenters. The Morgan fingerprint density at radius 3 is 1.89 bits per heavy atom. The van der Waals surface area contributed by atoms with E-state index in [-0.39, 0.29) is 49.9 Å². The minimum Gasteiger partial charge on any atom is -0.508 e. The van der Waals surface area contributed by atoms with Crippen LogP contribution in [0, 0.1) is 11.8 Å². The molecule has 0 bridgehead atoms. The highest BCUT2D eigenvalue weighted by Gasteiger charge is 2.33. The van der Waals surface area contributed by atoms with E-state index in [4.69, 9.17) is 17.2 Å². The largest absolute Gasteiger partial charge is 0.508 e. The Hall–Kier alpha value is -4.44. The van der Waals surface area contributed by atoms with Crippen molar-refractivity contribution < 1.29 is 39.3 Å². The highest BCUT2D eigenvalue weighted by Crippen LogP contribution is 2.12. The molecule has 0 saturated carbocycles. The summed E-state index contributed by atoms with van der Waals surface area (Å²) in [5, 5.41) is 38.7. The Balaban J connectivity index is 2.94. The van der Waals surface area contributed by atoms with Crippen molar-refractivity contribution in [3.8, 4) is 5.75 Å². The Morgan fingerprint density at radius 1 is 0.822 bits per heavy atom. The molecular weight excluding hydrogens is 588 g/mol. The Morgan fingerprint density at radius 2 is 1.38 bits per heavy atom. The lowest BCUT2D eigenvalue weighted by Gasteiger charge is -2.28. The third kappa shape index (κ3) is 14.3. The molecule has 0 aliphatic rings. The average molecular weight is 637 g/mol. The van der Waals surface area contributed by atoms with E-state index in [2.05, 4.69) is 26.3 Å². The van der Waals surface area contributed by atoms with Crippen molar-refractivity contribution in [1.82, 2.24) is 21.3 Å². The number of phenols is 1. The van der Waals surface area contributed by atoms with Crippen LogP contribution < -0.4 is 38.5 Å². The van der Waals surface area contributed by atoms with Crippen molar-refractivity contribution in [2.24, 2.45) is 34.0 Å². The van der Waals surface area contributed by atoms with Gasteiger partial charge in [0.2, 0.25) is 23.6 Å². The zero-order valence-electron chi connectivity index (χ0n) is 26.2. The predicted molar refractivity (Wildman–Crippen MR) is 166 cm³/mol. The molecule has 0 fully saturated rings. The van der Waals surface area contributed by atoms with Gasteiger partial charge in [-0.15, -0.1) is 0 Å². The van der Waals surface area contributed by atoms with Crippen molar-refractivity contribution in [1.29, 1.82) is 0 Å². The van der Waals surface area contributed by atoms with Crippen molar-refractivity contribution in [3.63, 3.8) is 0 Å². The summed E-state index contributed by atoms with van der Waals surface area (Å²) in [6.45, 7) is 6.33. The Labute approximate surface area is 262 Å². The van der Waals surface area contributed by atoms with E-state index >= 15 is 0 Å². The summed E-state index contributed by atoms with van der Waals surface area (Å²) in [6.07, 6.45) is 0.527. The molecule has 0 aromatic heterocycles. The minimum atomic E-state index is -1.51. The molecule has 0 saturated heterocycles. The number of aliphatic hydroxyl groups excluding tert-OH is 1. The number of nitrogens with two attached hydrogens (primary N) is 3. The second-order valence-corrected chi connectivity index (χ2v) is 11.5. The van der Waals surface area contributed by atoms with Crippen LogP contribution in [-0.2, 0) is 30.4 Å². The number of carbonyl (C=O) groups excluding carboxylic acids is 4. The van der Waals surface area contributed by atoms with Crippen LogP contribution in [0.4, 0.5) is 0 Å². The first-order valence-electron chi connectivity index (χ1n) is 14.7. The van der Waals surface area contributed by atoms with E-state index in [1.165, 1.54) is 12.1 Å². The Bertz CT molecular complexity index is 1170. The van der Waals surface area contributed by atoms with Gasteiger partial charge < -0.3 is 53.8 Å². The highest BCUT2D eigenvalue weighted by atomic mass is 16.4. The standard InChI is InChI=1S/C29H48N8O8/c1-15(2)12-21(25(41)36-22(14-38)26(42)34-20(28(44)45)6-5-11-33-29(31)32)35-27(43)23(16(3)4)37-24(40)19(30)13-17-7-9-18(39)10-8-17/h7-10,15-16,19-23,38-39H,5-6,11-14,30H2,1-4H3,(H,34,42)(H,35,43)(H,36,41)(H,37,40)(H,44,45)(H4,31,32,33)/t19-,20-,21-,22-,23-/m0/s1. The number of carboxylic acids is 1. The zero-order valence-corrected chi connectivity index (χ0v) is 26.2. The zero-order chi connectivity index (χ0) is 34.3. The first-order valence-corrected chi connectivity index (χ1v) is 14.7. The third-order valence-electron chi connectivity index (χ3n) is 6.69. The molecule has 1 rings (SSSR count). The fraction of sp³-hybridized carbons (Fsp3) is 0.586. The van der Waals surface area contributed by atoms with Crippen molar-refractivity contribution >= 4 is 35.6 Å². The summed E-state index contributed by atoms with van der Waals surface area (Å²) in [7, 11) is 0. The third-order valence-corrected chi connectivity index (χ3v) is 6.69. The molecule has 5 atom stereocenters. The van der Waals surface area contributed by atoms with Gasteiger partial charge in [0.15, 0.2) is 5.96 Å². The number of nitrogens with one attached hydrogen (secondary N) is 4. The molecule has 13 N–H and O–H groups in total. The number of hydrogen-bond acceptors (Lipinski definition) is 9. The van der Waals surface area contributed by atoms with Crippen LogP contribution in [-0.4, -0.2) is 94.2 Å². The van der Waals surface area contributed by atoms with Crippen LogP contribution >= 0.6 is 0 Å². The summed E-state index contributed by atoms with van der Waals surface area (Å²) in [6, 6.07) is 0.136. The number of carbonyl (C=O) groups is 5. The number of carboxylic acid groups (broad SMARTS) is 1. The Kier molecular flexibility index (Phi) is 16.3. The first-order chi connectivity index (χ1) is 21.0. The molecule has 0 aliphatic carbocycles. The number of aliphatic carboxylic acids is 1. The quantitative estimate of drug-likeness (QED) is 0.0451. The lowest BCUT2D eigenvalue weighted by atomic mass is 9.99. The van der Waals surface area contributed by atoms with Crippen LogP contribution in [0.25, 0.3) is 0 Å². The van der Waals surface area contributed by atoms with E-state index in [9.17, 15) is 39.3 Å². The van der Waals surface area contributed by atoms with Gasteiger partial charge in [0.25, 0.3) is 0 Å². The van der Waals surface area contributed by atoms with E-state index < -0.39 is 72.3 Å². The monoisotopic (exact) mass is 636 g/mol. The molecule has 0 spiro atoms. The van der Waals surface area contributed by atoms with Gasteiger partial charge in [-0.25, -0.2) is 4.79 Å². The molecule has 0 radical (unpaired) electrons. The lowest BCUT2D eigenvalue weighted by molar-refractivity contribution is -0.142. The fourth-order valence-corrected chi connectivity index (χ4v) is 4.24. The lowest BCUT2D eigenvalue weighted by Crippen LogP contribution is -2.60. The van der Waals surface area contributed by atoms with Gasteiger partial charge in [0.05, 0.1) is 12.6 Å². The molecule has 45 heavy (non-hydrogen) atoms. The van der Waals surface area contributed by atoms with Gasteiger partial charge in [-0.1, -0.05) is 39.8 Å². The van der Waals surface area contributed by atoms with Crippen molar-refractivity contribution in [2.75, 3.05) is 13.2 Å². The van der Waals surface area contributed by atoms with Gasteiger partial charge in [0.1, 0.15) is 29.9 Å². The summed E-state index contributed by atoms with van der Waals surface area (Å²) in [4.78, 5) is 67.6. The second kappa shape index (κ2) is 19.1. The number of aromatic hydroxyl groups is 1. The summed E-state index contributed by atoms with van der Waals surface area (Å²) in [5.41, 5.74) is 17.3. The minimum absolute atomic E-state index is 0.0170. The van der Waals surface area contributed by atoms with Crippen LogP contribution in [0.5, 0.6) is 5.75 Å². The van der Waals surface area contributed by atoms with Gasteiger partial charge in [0, 0.05) is 6.54 Å². The molecule has 0 heterocycles. The second-order valence-electron chi connectivity index (χ2n) is 11.5. The highest BCUT2D eigenvalue weighted by molar-refractivity contribution is 5.95. The number of rotatable bonds is 19. The van der Waals surface area contributed by atoms with Gasteiger partial charge in [-0.3, -0.25) is 24.2 Å². The number of amides is 4. The molecule has 16 nitrogen and oxygen atoms in total. The van der Waals surface area contributed by atoms with Gasteiger partial charge in [-0.2, -0.15) is 0 Å². The maximum atomic E-state index is 13.3. The fourth-order valence-electron chi connectivity index (χ4n) is 4.24. The summed E-state index contributed by atoms with van der Waals surface area (Å²) < 4.78 is 0. The van der Waals surface area contributed by atoms with Gasteiger partial charge >= 0.3 is 5.97 Å². The number of nitrogens with zero attached hydrogens (tertiary/aromatic N) is 1. The van der Waals surface area contributed by atoms with E-state index in [0.717, 1.165) is 0 Å². The summed E-state index contributed by atoms with van der Waals surface area (Å²) in [5.74, 6) is -4.88. The topological polar surface area (TPSA) is 285 Å². The van der Waals surface area contributed by atoms with Crippen molar-refractivity contribution in [3.05, 3.63) is 29.8 Å². The van der Waals surface area contributed by atoms with Crippen molar-refractivity contribution in [2.45, 2.75) is 83.6 Å². The maximum absolute atomic E-state index is 13.3. The molecular formula is C29H48N8O8. The predicted octanol–water partition coefficient (Wildman–Crippen LogP) is -1.97. The number of aliphatic hydroxyl groups is 1.